The van der Waals surface area contributed by atoms with Gasteiger partial charge in [-0.2, -0.15) is 4.98 Å². The van der Waals surface area contributed by atoms with Gasteiger partial charge in [0.25, 0.3) is 0 Å². The third-order valence-electron chi connectivity index (χ3n) is 1.89. The van der Waals surface area contributed by atoms with Crippen LogP contribution in [0.15, 0.2) is 18.7 Å². The maximum Gasteiger partial charge on any atom is 0.222 e. The molecule has 0 aromatic carbocycles. The van der Waals surface area contributed by atoms with Crippen LogP contribution >= 0.6 is 0 Å². The van der Waals surface area contributed by atoms with Crippen molar-refractivity contribution in [1.82, 2.24) is 9.97 Å². The van der Waals surface area contributed by atoms with Crippen LogP contribution in [0.1, 0.15) is 12.1 Å². The molecule has 0 aliphatic carbocycles. The molecule has 1 rings (SSSR count). The van der Waals surface area contributed by atoms with Gasteiger partial charge < -0.3 is 15.8 Å². The standard InChI is InChI=1S/C11H18N4O/c1-3-4-6-16-7-5-13-10-8-9(2)14-11(12)15-10/h3,8H,1,4-7H2,2H3,(H3,12,13,14,15). The van der Waals surface area contributed by atoms with Gasteiger partial charge in [0.1, 0.15) is 5.82 Å². The molecule has 88 valence electrons. The second kappa shape index (κ2) is 6.79. The van der Waals surface area contributed by atoms with E-state index in [4.69, 9.17) is 10.5 Å². The van der Waals surface area contributed by atoms with Crippen molar-refractivity contribution in [3.8, 4) is 0 Å². The maximum atomic E-state index is 5.52. The van der Waals surface area contributed by atoms with Crippen molar-refractivity contribution in [3.63, 3.8) is 0 Å². The first-order valence-corrected chi connectivity index (χ1v) is 5.26. The summed E-state index contributed by atoms with van der Waals surface area (Å²) in [6, 6.07) is 1.85. The lowest BCUT2D eigenvalue weighted by atomic mass is 10.4. The van der Waals surface area contributed by atoms with E-state index in [0.717, 1.165) is 17.9 Å². The van der Waals surface area contributed by atoms with Crippen LogP contribution in [-0.2, 0) is 4.74 Å². The van der Waals surface area contributed by atoms with E-state index < -0.39 is 0 Å². The Kier molecular flexibility index (Phi) is 5.28. The van der Waals surface area contributed by atoms with E-state index in [1.807, 2.05) is 19.1 Å². The van der Waals surface area contributed by atoms with Crippen LogP contribution in [0.3, 0.4) is 0 Å². The van der Waals surface area contributed by atoms with Gasteiger partial charge in [-0.15, -0.1) is 6.58 Å². The Hall–Kier alpha value is -1.62. The van der Waals surface area contributed by atoms with E-state index in [9.17, 15) is 0 Å². The van der Waals surface area contributed by atoms with Gasteiger partial charge in [0, 0.05) is 18.3 Å². The number of hydrogen-bond acceptors (Lipinski definition) is 5. The molecule has 0 bridgehead atoms. The largest absolute Gasteiger partial charge is 0.379 e. The van der Waals surface area contributed by atoms with E-state index >= 15 is 0 Å². The Labute approximate surface area is 95.7 Å². The van der Waals surface area contributed by atoms with Crippen molar-refractivity contribution >= 4 is 11.8 Å². The zero-order valence-corrected chi connectivity index (χ0v) is 9.57. The molecule has 0 saturated heterocycles. The molecule has 1 heterocycles. The number of nitrogens with zero attached hydrogens (tertiary/aromatic N) is 2. The van der Waals surface area contributed by atoms with Crippen molar-refractivity contribution < 1.29 is 4.74 Å². The number of aromatic nitrogens is 2. The molecule has 0 amide bonds. The highest BCUT2D eigenvalue weighted by Gasteiger charge is 1.97. The van der Waals surface area contributed by atoms with Gasteiger partial charge in [0.05, 0.1) is 13.2 Å². The van der Waals surface area contributed by atoms with Crippen LogP contribution < -0.4 is 11.1 Å². The Balaban J connectivity index is 2.23. The predicted molar refractivity (Wildman–Crippen MR) is 65.3 cm³/mol. The Morgan fingerprint density at radius 3 is 3.00 bits per heavy atom. The van der Waals surface area contributed by atoms with Crippen LogP contribution in [0, 0.1) is 6.92 Å². The van der Waals surface area contributed by atoms with Crippen molar-refractivity contribution in [1.29, 1.82) is 0 Å². The number of nitrogen functional groups attached to an aromatic ring is 1. The summed E-state index contributed by atoms with van der Waals surface area (Å²) in [4.78, 5) is 8.04. The normalized spacial score (nSPS) is 10.1. The highest BCUT2D eigenvalue weighted by atomic mass is 16.5. The second-order valence-electron chi connectivity index (χ2n) is 3.37. The van der Waals surface area contributed by atoms with E-state index in [1.54, 1.807) is 0 Å². The third-order valence-corrected chi connectivity index (χ3v) is 1.89. The molecule has 0 aliphatic heterocycles. The van der Waals surface area contributed by atoms with Crippen LogP contribution in [0.2, 0.25) is 0 Å². The minimum absolute atomic E-state index is 0.287. The van der Waals surface area contributed by atoms with Crippen molar-refractivity contribution in [3.05, 3.63) is 24.4 Å². The van der Waals surface area contributed by atoms with Crippen LogP contribution in [0.25, 0.3) is 0 Å². The smallest absolute Gasteiger partial charge is 0.222 e. The summed E-state index contributed by atoms with van der Waals surface area (Å²) in [6.07, 6.45) is 2.71. The van der Waals surface area contributed by atoms with E-state index in [-0.39, 0.29) is 5.95 Å². The molecule has 1 aromatic rings. The number of nitrogens with two attached hydrogens (primary N) is 1. The Morgan fingerprint density at radius 1 is 1.50 bits per heavy atom. The summed E-state index contributed by atoms with van der Waals surface area (Å²) in [5, 5.41) is 3.12. The molecule has 1 aromatic heterocycles. The zero-order valence-electron chi connectivity index (χ0n) is 9.57. The fourth-order valence-corrected chi connectivity index (χ4v) is 1.20. The molecule has 3 N–H and O–H groups in total. The summed E-state index contributed by atoms with van der Waals surface area (Å²) in [5.41, 5.74) is 6.37. The molecule has 0 radical (unpaired) electrons. The number of aryl methyl sites for hydroxylation is 1. The lowest BCUT2D eigenvalue weighted by molar-refractivity contribution is 0.149. The van der Waals surface area contributed by atoms with Gasteiger partial charge in [-0.1, -0.05) is 6.08 Å². The van der Waals surface area contributed by atoms with Gasteiger partial charge in [-0.25, -0.2) is 4.98 Å². The minimum Gasteiger partial charge on any atom is -0.379 e. The highest BCUT2D eigenvalue weighted by Crippen LogP contribution is 2.06. The van der Waals surface area contributed by atoms with Crippen molar-refractivity contribution in [2.75, 3.05) is 30.8 Å². The molecule has 16 heavy (non-hydrogen) atoms. The summed E-state index contributed by atoms with van der Waals surface area (Å²) in [7, 11) is 0. The number of anilines is 2. The van der Waals surface area contributed by atoms with E-state index in [2.05, 4.69) is 21.9 Å². The maximum absolute atomic E-state index is 5.52. The summed E-state index contributed by atoms with van der Waals surface area (Å²) >= 11 is 0. The number of ether oxygens (including phenoxy) is 1. The molecule has 0 atom stereocenters. The first-order chi connectivity index (χ1) is 7.72. The van der Waals surface area contributed by atoms with Crippen LogP contribution in [0.4, 0.5) is 11.8 Å². The molecule has 0 fully saturated rings. The average molecular weight is 222 g/mol. The molecule has 0 saturated carbocycles. The van der Waals surface area contributed by atoms with Crippen molar-refractivity contribution in [2.45, 2.75) is 13.3 Å². The molecular weight excluding hydrogens is 204 g/mol. The summed E-state index contributed by atoms with van der Waals surface area (Å²) < 4.78 is 5.35. The predicted octanol–water partition coefficient (Wildman–Crippen LogP) is 1.37. The number of nitrogens with one attached hydrogen (secondary N) is 1. The van der Waals surface area contributed by atoms with Crippen molar-refractivity contribution in [2.24, 2.45) is 0 Å². The van der Waals surface area contributed by atoms with Gasteiger partial charge in [-0.05, 0) is 13.3 Å². The lowest BCUT2D eigenvalue weighted by Gasteiger charge is -2.07. The third kappa shape index (κ3) is 4.75. The molecule has 0 aliphatic rings. The zero-order chi connectivity index (χ0) is 11.8. The fraction of sp³-hybridized carbons (Fsp3) is 0.455. The SMILES string of the molecule is C=CCCOCCNc1cc(C)nc(N)n1. The van der Waals surface area contributed by atoms with Crippen LogP contribution in [0.5, 0.6) is 0 Å². The van der Waals surface area contributed by atoms with Gasteiger partial charge >= 0.3 is 0 Å². The van der Waals surface area contributed by atoms with Gasteiger partial charge in [-0.3, -0.25) is 0 Å². The minimum atomic E-state index is 0.287. The second-order valence-corrected chi connectivity index (χ2v) is 3.37. The first kappa shape index (κ1) is 12.4. The molecular formula is C11H18N4O. The van der Waals surface area contributed by atoms with Gasteiger partial charge in [0.2, 0.25) is 5.95 Å². The number of rotatable bonds is 7. The number of hydrogen-bond donors (Lipinski definition) is 2. The average Bonchev–Trinajstić information content (AvgIpc) is 2.22. The summed E-state index contributed by atoms with van der Waals surface area (Å²) in [6.45, 7) is 7.54. The Bertz CT molecular complexity index is 321. The molecule has 0 spiro atoms. The van der Waals surface area contributed by atoms with E-state index in [1.165, 1.54) is 0 Å². The summed E-state index contributed by atoms with van der Waals surface area (Å²) in [5.74, 6) is 1.02. The fourth-order valence-electron chi connectivity index (χ4n) is 1.20. The van der Waals surface area contributed by atoms with Crippen LogP contribution in [-0.4, -0.2) is 29.7 Å². The topological polar surface area (TPSA) is 73.1 Å². The highest BCUT2D eigenvalue weighted by molar-refractivity contribution is 5.39. The lowest BCUT2D eigenvalue weighted by Crippen LogP contribution is -2.12. The quantitative estimate of drug-likeness (QED) is 0.538. The Morgan fingerprint density at radius 2 is 2.31 bits per heavy atom. The molecule has 5 heteroatoms. The molecule has 0 unspecified atom stereocenters. The van der Waals surface area contributed by atoms with E-state index in [0.29, 0.717) is 19.8 Å². The first-order valence-electron chi connectivity index (χ1n) is 5.26. The monoisotopic (exact) mass is 222 g/mol. The van der Waals surface area contributed by atoms with Gasteiger partial charge in [0.15, 0.2) is 0 Å². The molecule has 5 nitrogen and oxygen atoms in total.